The number of amides is 1. The molecule has 1 aliphatic rings. The van der Waals surface area contributed by atoms with Crippen LogP contribution in [0.25, 0.3) is 6.08 Å². The molecule has 1 aliphatic heterocycles. The molecule has 1 fully saturated rings. The smallest absolute Gasteiger partial charge is 0.242 e. The van der Waals surface area contributed by atoms with Crippen LogP contribution in [0, 0.1) is 0 Å². The predicted molar refractivity (Wildman–Crippen MR) is 120 cm³/mol. The molecule has 1 heterocycles. The van der Waals surface area contributed by atoms with Crippen LogP contribution in [0.3, 0.4) is 0 Å². The van der Waals surface area contributed by atoms with Gasteiger partial charge in [0.25, 0.3) is 0 Å². The van der Waals surface area contributed by atoms with Gasteiger partial charge in [0.15, 0.2) is 0 Å². The number of piperazine rings is 1. The van der Waals surface area contributed by atoms with Gasteiger partial charge in [-0.2, -0.15) is 0 Å². The van der Waals surface area contributed by atoms with Gasteiger partial charge in [0, 0.05) is 45.7 Å². The molecule has 3 rings (SSSR count). The topological polar surface area (TPSA) is 69.7 Å². The molecule has 30 heavy (non-hydrogen) atoms. The van der Waals surface area contributed by atoms with E-state index >= 15 is 0 Å². The summed E-state index contributed by atoms with van der Waals surface area (Å²) in [5.74, 6) is -0.0451. The van der Waals surface area contributed by atoms with Crippen LogP contribution >= 0.6 is 11.6 Å². The van der Waals surface area contributed by atoms with E-state index in [1.807, 2.05) is 18.2 Å². The maximum Gasteiger partial charge on any atom is 0.242 e. The minimum absolute atomic E-state index is 0.0243. The summed E-state index contributed by atoms with van der Waals surface area (Å²) in [5, 5.41) is 0.161. The summed E-state index contributed by atoms with van der Waals surface area (Å²) in [6.45, 7) is 3.79. The van der Waals surface area contributed by atoms with Crippen molar-refractivity contribution in [3.8, 4) is 0 Å². The molecule has 0 aromatic heterocycles. The highest BCUT2D eigenvalue weighted by molar-refractivity contribution is 7.89. The molecule has 8 heteroatoms. The fourth-order valence-electron chi connectivity index (χ4n) is 3.27. The molecule has 0 spiro atoms. The van der Waals surface area contributed by atoms with E-state index in [1.54, 1.807) is 17.0 Å². The molecule has 0 aliphatic carbocycles. The second-order valence-corrected chi connectivity index (χ2v) is 9.22. The molecule has 1 N–H and O–H groups in total. The number of carbonyl (C=O) groups is 1. The van der Waals surface area contributed by atoms with Crippen molar-refractivity contribution in [3.05, 3.63) is 71.3 Å². The Hall–Kier alpha value is -2.19. The van der Waals surface area contributed by atoms with Crippen LogP contribution in [0.15, 0.2) is 65.6 Å². The second-order valence-electron chi connectivity index (χ2n) is 7.07. The summed E-state index contributed by atoms with van der Waals surface area (Å²) in [6.07, 6.45) is 4.36. The van der Waals surface area contributed by atoms with Crippen molar-refractivity contribution in [1.29, 1.82) is 0 Å². The zero-order valence-electron chi connectivity index (χ0n) is 16.7. The van der Waals surface area contributed by atoms with E-state index < -0.39 is 10.0 Å². The molecular formula is C22H26ClN3O3S. The summed E-state index contributed by atoms with van der Waals surface area (Å²) < 4.78 is 27.1. The third-order valence-electron chi connectivity index (χ3n) is 4.96. The zero-order valence-corrected chi connectivity index (χ0v) is 18.3. The lowest BCUT2D eigenvalue weighted by molar-refractivity contribution is -0.132. The fourth-order valence-corrected chi connectivity index (χ4v) is 4.82. The van der Waals surface area contributed by atoms with Gasteiger partial charge in [-0.15, -0.1) is 0 Å². The summed E-state index contributed by atoms with van der Waals surface area (Å²) >= 11 is 5.95. The molecule has 0 bridgehead atoms. The third kappa shape index (κ3) is 6.40. The lowest BCUT2D eigenvalue weighted by Crippen LogP contribution is -2.49. The Bertz CT molecular complexity index is 972. The zero-order chi connectivity index (χ0) is 21.4. The van der Waals surface area contributed by atoms with Gasteiger partial charge in [0.05, 0.1) is 5.02 Å². The number of hydrogen-bond donors (Lipinski definition) is 1. The van der Waals surface area contributed by atoms with Gasteiger partial charge in [-0.05, 0) is 17.7 Å². The highest BCUT2D eigenvalue weighted by Gasteiger charge is 2.22. The van der Waals surface area contributed by atoms with Gasteiger partial charge in [-0.1, -0.05) is 66.2 Å². The lowest BCUT2D eigenvalue weighted by atomic mass is 10.2. The molecule has 1 amide bonds. The Morgan fingerprint density at radius 2 is 1.67 bits per heavy atom. The standard InChI is InChI=1S/C22H26ClN3O3S/c23-20-10-4-5-11-21(20)30(28,29)24-13-12-22(27)26-17-15-25(16-18-26)14-6-9-19-7-2-1-3-8-19/h1-11,24H,12-18H2/b9-6+. The monoisotopic (exact) mass is 447 g/mol. The number of carbonyl (C=O) groups excluding carboxylic acids is 1. The molecule has 0 saturated carbocycles. The Morgan fingerprint density at radius 1 is 1.00 bits per heavy atom. The quantitative estimate of drug-likeness (QED) is 0.675. The van der Waals surface area contributed by atoms with Crippen molar-refractivity contribution >= 4 is 33.6 Å². The van der Waals surface area contributed by atoms with E-state index in [9.17, 15) is 13.2 Å². The van der Waals surface area contributed by atoms with Crippen LogP contribution in [0.2, 0.25) is 5.02 Å². The van der Waals surface area contributed by atoms with Crippen molar-refractivity contribution < 1.29 is 13.2 Å². The van der Waals surface area contributed by atoms with E-state index in [1.165, 1.54) is 17.7 Å². The number of halogens is 1. The second kappa shape index (κ2) is 10.7. The first kappa shape index (κ1) is 22.5. The van der Waals surface area contributed by atoms with E-state index in [2.05, 4.69) is 33.9 Å². The number of nitrogens with zero attached hydrogens (tertiary/aromatic N) is 2. The van der Waals surface area contributed by atoms with Crippen LogP contribution in [-0.2, 0) is 14.8 Å². The van der Waals surface area contributed by atoms with E-state index in [0.29, 0.717) is 13.1 Å². The molecule has 2 aromatic carbocycles. The van der Waals surface area contributed by atoms with E-state index in [4.69, 9.17) is 11.6 Å². The van der Waals surface area contributed by atoms with Crippen molar-refractivity contribution in [3.63, 3.8) is 0 Å². The lowest BCUT2D eigenvalue weighted by Gasteiger charge is -2.34. The Labute approximate surface area is 183 Å². The minimum atomic E-state index is -3.73. The SMILES string of the molecule is O=C(CCNS(=O)(=O)c1ccccc1Cl)N1CCN(C/C=C/c2ccccc2)CC1. The summed E-state index contributed by atoms with van der Waals surface area (Å²) in [7, 11) is -3.73. The Balaban J connectivity index is 1.39. The number of nitrogens with one attached hydrogen (secondary N) is 1. The van der Waals surface area contributed by atoms with Gasteiger partial charge in [0.2, 0.25) is 15.9 Å². The summed E-state index contributed by atoms with van der Waals surface area (Å²) in [4.78, 5) is 16.5. The third-order valence-corrected chi connectivity index (χ3v) is 6.92. The summed E-state index contributed by atoms with van der Waals surface area (Å²) in [5.41, 5.74) is 1.17. The fraction of sp³-hybridized carbons (Fsp3) is 0.318. The van der Waals surface area contributed by atoms with Crippen molar-refractivity contribution in [1.82, 2.24) is 14.5 Å². The first-order chi connectivity index (χ1) is 14.5. The average molecular weight is 448 g/mol. The molecule has 6 nitrogen and oxygen atoms in total. The van der Waals surface area contributed by atoms with Crippen molar-refractivity contribution in [2.45, 2.75) is 11.3 Å². The molecule has 2 aromatic rings. The van der Waals surface area contributed by atoms with Gasteiger partial charge < -0.3 is 4.90 Å². The van der Waals surface area contributed by atoms with E-state index in [0.717, 1.165) is 19.6 Å². The molecule has 0 radical (unpaired) electrons. The van der Waals surface area contributed by atoms with Crippen LogP contribution in [0.4, 0.5) is 0 Å². The maximum absolute atomic E-state index is 12.4. The average Bonchev–Trinajstić information content (AvgIpc) is 2.75. The van der Waals surface area contributed by atoms with E-state index in [-0.39, 0.29) is 28.8 Å². The normalized spacial score (nSPS) is 15.6. The molecule has 1 saturated heterocycles. The Kier molecular flexibility index (Phi) is 8.04. The highest BCUT2D eigenvalue weighted by Crippen LogP contribution is 2.20. The van der Waals surface area contributed by atoms with Crippen molar-refractivity contribution in [2.24, 2.45) is 0 Å². The molecule has 0 unspecified atom stereocenters. The summed E-state index contributed by atoms with van der Waals surface area (Å²) in [6, 6.07) is 16.4. The van der Waals surface area contributed by atoms with Crippen molar-refractivity contribution in [2.75, 3.05) is 39.3 Å². The maximum atomic E-state index is 12.4. The van der Waals surface area contributed by atoms with Gasteiger partial charge in [0.1, 0.15) is 4.90 Å². The van der Waals surface area contributed by atoms with Crippen LogP contribution in [0.5, 0.6) is 0 Å². The van der Waals surface area contributed by atoms with Gasteiger partial charge in [-0.25, -0.2) is 13.1 Å². The van der Waals surface area contributed by atoms with Crippen LogP contribution < -0.4 is 4.72 Å². The number of sulfonamides is 1. The molecule has 0 atom stereocenters. The van der Waals surface area contributed by atoms with Crippen LogP contribution in [0.1, 0.15) is 12.0 Å². The molecule has 160 valence electrons. The first-order valence-corrected chi connectivity index (χ1v) is 11.8. The number of rotatable bonds is 8. The van der Waals surface area contributed by atoms with Crippen LogP contribution in [-0.4, -0.2) is 63.4 Å². The minimum Gasteiger partial charge on any atom is -0.340 e. The highest BCUT2D eigenvalue weighted by atomic mass is 35.5. The van der Waals surface area contributed by atoms with Gasteiger partial charge in [-0.3, -0.25) is 9.69 Å². The Morgan fingerprint density at radius 3 is 2.37 bits per heavy atom. The number of benzene rings is 2. The predicted octanol–water partition coefficient (Wildman–Crippen LogP) is 2.87. The first-order valence-electron chi connectivity index (χ1n) is 9.91. The largest absolute Gasteiger partial charge is 0.340 e. The number of hydrogen-bond acceptors (Lipinski definition) is 4. The molecular weight excluding hydrogens is 422 g/mol. The van der Waals surface area contributed by atoms with Gasteiger partial charge >= 0.3 is 0 Å².